The predicted octanol–water partition coefficient (Wildman–Crippen LogP) is 4.77. The van der Waals surface area contributed by atoms with Gasteiger partial charge in [0.1, 0.15) is 17.5 Å². The van der Waals surface area contributed by atoms with Crippen molar-refractivity contribution in [3.05, 3.63) is 62.6 Å². The lowest BCUT2D eigenvalue weighted by molar-refractivity contribution is 0.929. The van der Waals surface area contributed by atoms with Crippen molar-refractivity contribution >= 4 is 34.8 Å². The van der Waals surface area contributed by atoms with Crippen molar-refractivity contribution in [1.82, 2.24) is 20.2 Å². The maximum atomic E-state index is 6.25. The zero-order chi connectivity index (χ0) is 17.3. The van der Waals surface area contributed by atoms with Crippen LogP contribution in [0.1, 0.15) is 28.3 Å². The second kappa shape index (κ2) is 6.79. The highest BCUT2D eigenvalue weighted by molar-refractivity contribution is 6.36. The van der Waals surface area contributed by atoms with E-state index in [1.165, 1.54) is 0 Å². The van der Waals surface area contributed by atoms with Gasteiger partial charge in [0.15, 0.2) is 0 Å². The van der Waals surface area contributed by atoms with Crippen LogP contribution in [0.3, 0.4) is 0 Å². The number of rotatable bonds is 4. The topological polar surface area (TPSA) is 66.5 Å². The van der Waals surface area contributed by atoms with Gasteiger partial charge in [-0.2, -0.15) is 5.10 Å². The van der Waals surface area contributed by atoms with Crippen molar-refractivity contribution in [1.29, 1.82) is 0 Å². The summed E-state index contributed by atoms with van der Waals surface area (Å²) in [5.74, 6) is 2.19. The number of aromatic nitrogens is 4. The Balaban J connectivity index is 1.95. The van der Waals surface area contributed by atoms with Crippen LogP contribution in [0.15, 0.2) is 24.3 Å². The van der Waals surface area contributed by atoms with E-state index in [0.717, 1.165) is 34.2 Å². The van der Waals surface area contributed by atoms with Gasteiger partial charge in [0, 0.05) is 33.8 Å². The van der Waals surface area contributed by atoms with Gasteiger partial charge < -0.3 is 5.32 Å². The first-order valence-corrected chi connectivity index (χ1v) is 8.25. The molecular formula is C17H17Cl2N5. The van der Waals surface area contributed by atoms with Crippen LogP contribution >= 0.6 is 23.2 Å². The van der Waals surface area contributed by atoms with E-state index in [4.69, 9.17) is 23.2 Å². The van der Waals surface area contributed by atoms with Crippen molar-refractivity contribution in [2.75, 3.05) is 5.32 Å². The van der Waals surface area contributed by atoms with Crippen LogP contribution in [0.4, 0.5) is 11.6 Å². The van der Waals surface area contributed by atoms with Crippen molar-refractivity contribution in [2.45, 2.75) is 27.2 Å². The highest BCUT2D eigenvalue weighted by Crippen LogP contribution is 2.27. The molecule has 24 heavy (non-hydrogen) atoms. The van der Waals surface area contributed by atoms with E-state index in [1.54, 1.807) is 0 Å². The Hall–Kier alpha value is -2.11. The molecule has 0 saturated carbocycles. The van der Waals surface area contributed by atoms with Gasteiger partial charge in [-0.05, 0) is 38.5 Å². The maximum absolute atomic E-state index is 6.25. The van der Waals surface area contributed by atoms with E-state index >= 15 is 0 Å². The molecule has 5 nitrogen and oxygen atoms in total. The Kier molecular flexibility index (Phi) is 4.73. The molecule has 0 amide bonds. The summed E-state index contributed by atoms with van der Waals surface area (Å²) >= 11 is 12.5. The molecule has 3 aromatic rings. The van der Waals surface area contributed by atoms with Gasteiger partial charge in [0.25, 0.3) is 0 Å². The van der Waals surface area contributed by atoms with Crippen LogP contribution in [-0.4, -0.2) is 20.2 Å². The van der Waals surface area contributed by atoms with Gasteiger partial charge in [-0.15, -0.1) is 0 Å². The molecule has 0 aliphatic rings. The van der Waals surface area contributed by atoms with Crippen LogP contribution in [0, 0.1) is 20.8 Å². The molecule has 0 spiro atoms. The number of hydrogen-bond donors (Lipinski definition) is 2. The van der Waals surface area contributed by atoms with E-state index in [1.807, 2.05) is 45.0 Å². The summed E-state index contributed by atoms with van der Waals surface area (Å²) in [6, 6.07) is 7.37. The minimum absolute atomic E-state index is 0.469. The number of aromatic amines is 1. The third-order valence-corrected chi connectivity index (χ3v) is 4.50. The first kappa shape index (κ1) is 16.7. The molecule has 2 heterocycles. The molecule has 0 radical (unpaired) electrons. The van der Waals surface area contributed by atoms with Crippen LogP contribution < -0.4 is 5.32 Å². The van der Waals surface area contributed by atoms with E-state index in [0.29, 0.717) is 22.3 Å². The number of H-pyrrole nitrogens is 1. The van der Waals surface area contributed by atoms with Gasteiger partial charge in [-0.1, -0.05) is 29.3 Å². The summed E-state index contributed by atoms with van der Waals surface area (Å²) in [4.78, 5) is 9.19. The van der Waals surface area contributed by atoms with Gasteiger partial charge >= 0.3 is 0 Å². The number of anilines is 2. The summed E-state index contributed by atoms with van der Waals surface area (Å²) in [5.41, 5.74) is 3.62. The van der Waals surface area contributed by atoms with Crippen LogP contribution in [0.5, 0.6) is 0 Å². The average Bonchev–Trinajstić information content (AvgIpc) is 2.93. The third kappa shape index (κ3) is 3.52. The average molecular weight is 362 g/mol. The molecule has 7 heteroatoms. The molecule has 1 aromatic carbocycles. The number of hydrogen-bond acceptors (Lipinski definition) is 4. The summed E-state index contributed by atoms with van der Waals surface area (Å²) in [6.07, 6.45) is 0.469. The highest BCUT2D eigenvalue weighted by atomic mass is 35.5. The summed E-state index contributed by atoms with van der Waals surface area (Å²) < 4.78 is 0. The van der Waals surface area contributed by atoms with E-state index in [2.05, 4.69) is 25.5 Å². The Morgan fingerprint density at radius 1 is 1.08 bits per heavy atom. The SMILES string of the molecule is Cc1cc(Nc2nc(Cc3c(Cl)cccc3Cl)nc(C)c2C)[nH]n1. The molecule has 0 fully saturated rings. The zero-order valence-electron chi connectivity index (χ0n) is 13.6. The quantitative estimate of drug-likeness (QED) is 0.702. The Bertz CT molecular complexity index is 868. The Labute approximate surface area is 150 Å². The van der Waals surface area contributed by atoms with Crippen molar-refractivity contribution < 1.29 is 0 Å². The third-order valence-electron chi connectivity index (χ3n) is 3.79. The van der Waals surface area contributed by atoms with Crippen LogP contribution in [-0.2, 0) is 6.42 Å². The van der Waals surface area contributed by atoms with Gasteiger partial charge in [-0.25, -0.2) is 9.97 Å². The number of nitrogens with one attached hydrogen (secondary N) is 2. The molecule has 0 atom stereocenters. The smallest absolute Gasteiger partial charge is 0.138 e. The first-order chi connectivity index (χ1) is 11.4. The molecule has 2 N–H and O–H groups in total. The molecule has 3 rings (SSSR count). The summed E-state index contributed by atoms with van der Waals surface area (Å²) in [5, 5.41) is 11.5. The van der Waals surface area contributed by atoms with E-state index in [9.17, 15) is 0 Å². The largest absolute Gasteiger partial charge is 0.325 e. The highest BCUT2D eigenvalue weighted by Gasteiger charge is 2.13. The lowest BCUT2D eigenvalue weighted by atomic mass is 10.1. The molecule has 0 aliphatic heterocycles. The fraction of sp³-hybridized carbons (Fsp3) is 0.235. The lowest BCUT2D eigenvalue weighted by Crippen LogP contribution is -2.06. The Morgan fingerprint density at radius 2 is 1.79 bits per heavy atom. The monoisotopic (exact) mass is 361 g/mol. The standard InChI is InChI=1S/C17H17Cl2N5/c1-9-7-16(24-23-9)22-17-10(2)11(3)20-15(21-17)8-12-13(18)5-4-6-14(12)19/h4-7H,8H2,1-3H3,(H2,20,21,22,23,24). The van der Waals surface area contributed by atoms with Crippen LogP contribution in [0.25, 0.3) is 0 Å². The zero-order valence-corrected chi connectivity index (χ0v) is 15.1. The fourth-order valence-corrected chi connectivity index (χ4v) is 2.89. The fourth-order valence-electron chi connectivity index (χ4n) is 2.36. The second-order valence-electron chi connectivity index (χ2n) is 5.62. The number of nitrogens with zero attached hydrogens (tertiary/aromatic N) is 3. The van der Waals surface area contributed by atoms with Crippen molar-refractivity contribution in [3.8, 4) is 0 Å². The molecule has 0 bridgehead atoms. The number of aryl methyl sites for hydroxylation is 2. The lowest BCUT2D eigenvalue weighted by Gasteiger charge is -2.12. The number of halogens is 2. The van der Waals surface area contributed by atoms with E-state index in [-0.39, 0.29) is 0 Å². The molecule has 0 saturated heterocycles. The van der Waals surface area contributed by atoms with Crippen molar-refractivity contribution in [3.63, 3.8) is 0 Å². The minimum Gasteiger partial charge on any atom is -0.325 e. The van der Waals surface area contributed by atoms with Gasteiger partial charge in [-0.3, -0.25) is 5.10 Å². The Morgan fingerprint density at radius 3 is 2.42 bits per heavy atom. The van der Waals surface area contributed by atoms with Gasteiger partial charge in [0.05, 0.1) is 5.69 Å². The second-order valence-corrected chi connectivity index (χ2v) is 6.44. The number of benzene rings is 1. The first-order valence-electron chi connectivity index (χ1n) is 7.50. The summed E-state index contributed by atoms with van der Waals surface area (Å²) in [7, 11) is 0. The minimum atomic E-state index is 0.469. The van der Waals surface area contributed by atoms with Crippen molar-refractivity contribution in [2.24, 2.45) is 0 Å². The van der Waals surface area contributed by atoms with E-state index < -0.39 is 0 Å². The maximum Gasteiger partial charge on any atom is 0.138 e. The molecular weight excluding hydrogens is 345 g/mol. The van der Waals surface area contributed by atoms with Gasteiger partial charge in [0.2, 0.25) is 0 Å². The normalized spacial score (nSPS) is 10.9. The summed E-state index contributed by atoms with van der Waals surface area (Å²) in [6.45, 7) is 5.86. The molecule has 2 aromatic heterocycles. The van der Waals surface area contributed by atoms with Crippen LogP contribution in [0.2, 0.25) is 10.0 Å². The molecule has 0 aliphatic carbocycles. The molecule has 0 unspecified atom stereocenters. The molecule has 124 valence electrons. The predicted molar refractivity (Wildman–Crippen MR) is 97.4 cm³/mol.